The van der Waals surface area contributed by atoms with Crippen LogP contribution in [0.1, 0.15) is 6.42 Å². The minimum absolute atomic E-state index is 0.0883. The molecule has 0 saturated carbocycles. The third kappa shape index (κ3) is 3.23. The molecule has 1 aromatic carbocycles. The van der Waals surface area contributed by atoms with Gasteiger partial charge in [-0.1, -0.05) is 18.2 Å². The van der Waals surface area contributed by atoms with Crippen LogP contribution in [-0.4, -0.2) is 38.4 Å². The van der Waals surface area contributed by atoms with E-state index in [-0.39, 0.29) is 17.3 Å². The van der Waals surface area contributed by atoms with Gasteiger partial charge >= 0.3 is 5.69 Å². The number of anilines is 2. The van der Waals surface area contributed by atoms with E-state index in [2.05, 4.69) is 15.5 Å². The van der Waals surface area contributed by atoms with Crippen molar-refractivity contribution in [2.75, 3.05) is 23.3 Å². The topological polar surface area (TPSA) is 98.2 Å². The maximum Gasteiger partial charge on any atom is 0.332 e. The fourth-order valence-electron chi connectivity index (χ4n) is 3.27. The number of hydrogen-bond donors (Lipinski definition) is 1. The first kappa shape index (κ1) is 17.1. The Balaban J connectivity index is 1.48. The molecule has 0 amide bonds. The number of rotatable bonds is 4. The van der Waals surface area contributed by atoms with Crippen LogP contribution in [0.4, 0.5) is 11.8 Å². The maximum atomic E-state index is 12.1. The standard InChI is InChI=1S/C18H20N6O3/c1-22-14(10-15(25)23(2)18(22)26)24-9-8-13(11-24)19-17-20-16(27-21-17)12-6-4-3-5-7-12/h3-7,10,13H,8-9,11H2,1-2H3,(H,19,21)/t13-/m1/s1. The summed E-state index contributed by atoms with van der Waals surface area (Å²) in [6.45, 7) is 1.36. The molecule has 0 spiro atoms. The summed E-state index contributed by atoms with van der Waals surface area (Å²) in [6, 6.07) is 11.1. The Labute approximate surface area is 154 Å². The predicted molar refractivity (Wildman–Crippen MR) is 101 cm³/mol. The van der Waals surface area contributed by atoms with Crippen LogP contribution in [0, 0.1) is 0 Å². The molecule has 0 unspecified atom stereocenters. The minimum atomic E-state index is -0.334. The Hall–Kier alpha value is -3.36. The molecule has 9 nitrogen and oxygen atoms in total. The smallest absolute Gasteiger partial charge is 0.332 e. The van der Waals surface area contributed by atoms with Crippen LogP contribution < -0.4 is 21.5 Å². The highest BCUT2D eigenvalue weighted by molar-refractivity contribution is 5.54. The monoisotopic (exact) mass is 368 g/mol. The van der Waals surface area contributed by atoms with Gasteiger partial charge in [0.05, 0.1) is 0 Å². The summed E-state index contributed by atoms with van der Waals surface area (Å²) in [5.41, 5.74) is 0.219. The van der Waals surface area contributed by atoms with E-state index in [1.807, 2.05) is 35.2 Å². The van der Waals surface area contributed by atoms with Gasteiger partial charge in [-0.3, -0.25) is 13.9 Å². The van der Waals surface area contributed by atoms with Crippen molar-refractivity contribution in [3.8, 4) is 11.5 Å². The van der Waals surface area contributed by atoms with E-state index in [1.165, 1.54) is 17.7 Å². The molecule has 0 bridgehead atoms. The third-order valence-electron chi connectivity index (χ3n) is 4.79. The second kappa shape index (κ2) is 6.75. The van der Waals surface area contributed by atoms with Crippen molar-refractivity contribution in [1.82, 2.24) is 19.3 Å². The van der Waals surface area contributed by atoms with Crippen molar-refractivity contribution < 1.29 is 4.52 Å². The van der Waals surface area contributed by atoms with Gasteiger partial charge in [-0.25, -0.2) is 4.79 Å². The summed E-state index contributed by atoms with van der Waals surface area (Å²) in [5.74, 6) is 1.51. The molecule has 27 heavy (non-hydrogen) atoms. The van der Waals surface area contributed by atoms with Crippen molar-refractivity contribution >= 4 is 11.8 Å². The molecule has 0 radical (unpaired) electrons. The lowest BCUT2D eigenvalue weighted by Gasteiger charge is -2.21. The molecule has 1 aliphatic heterocycles. The Morgan fingerprint density at radius 1 is 1.15 bits per heavy atom. The maximum absolute atomic E-state index is 12.1. The lowest BCUT2D eigenvalue weighted by atomic mass is 10.2. The zero-order valence-corrected chi connectivity index (χ0v) is 15.1. The first-order valence-corrected chi connectivity index (χ1v) is 8.70. The SMILES string of the molecule is Cn1c(N2CC[C@@H](Nc3noc(-c4ccccc4)n3)C2)cc(=O)n(C)c1=O. The van der Waals surface area contributed by atoms with E-state index in [1.54, 1.807) is 7.05 Å². The first-order valence-electron chi connectivity index (χ1n) is 8.70. The Morgan fingerprint density at radius 3 is 2.70 bits per heavy atom. The number of hydrogen-bond acceptors (Lipinski definition) is 7. The summed E-state index contributed by atoms with van der Waals surface area (Å²) >= 11 is 0. The lowest BCUT2D eigenvalue weighted by Crippen LogP contribution is -2.40. The van der Waals surface area contributed by atoms with E-state index >= 15 is 0 Å². The molecule has 1 atom stereocenters. The van der Waals surface area contributed by atoms with E-state index < -0.39 is 0 Å². The largest absolute Gasteiger partial charge is 0.356 e. The van der Waals surface area contributed by atoms with Crippen molar-refractivity contribution in [2.45, 2.75) is 12.5 Å². The Kier molecular flexibility index (Phi) is 4.27. The highest BCUT2D eigenvalue weighted by Crippen LogP contribution is 2.22. The van der Waals surface area contributed by atoms with Gasteiger partial charge in [0.2, 0.25) is 0 Å². The van der Waals surface area contributed by atoms with Gasteiger partial charge < -0.3 is 14.7 Å². The molecule has 4 rings (SSSR count). The first-order chi connectivity index (χ1) is 13.0. The number of benzene rings is 1. The van der Waals surface area contributed by atoms with E-state index in [4.69, 9.17) is 4.52 Å². The molecule has 0 aliphatic carbocycles. The lowest BCUT2D eigenvalue weighted by molar-refractivity contribution is 0.431. The molecule has 1 aliphatic rings. The predicted octanol–water partition coefficient (Wildman–Crippen LogP) is 0.825. The van der Waals surface area contributed by atoms with Crippen molar-refractivity contribution in [2.24, 2.45) is 14.1 Å². The van der Waals surface area contributed by atoms with Crippen LogP contribution >= 0.6 is 0 Å². The van der Waals surface area contributed by atoms with Gasteiger partial charge in [-0.2, -0.15) is 4.98 Å². The van der Waals surface area contributed by atoms with Gasteiger partial charge in [0.25, 0.3) is 17.4 Å². The van der Waals surface area contributed by atoms with Crippen molar-refractivity contribution in [3.63, 3.8) is 0 Å². The minimum Gasteiger partial charge on any atom is -0.356 e. The van der Waals surface area contributed by atoms with Crippen LogP contribution in [0.15, 0.2) is 50.5 Å². The molecule has 1 N–H and O–H groups in total. The van der Waals surface area contributed by atoms with Crippen LogP contribution in [0.3, 0.4) is 0 Å². The van der Waals surface area contributed by atoms with E-state index in [0.717, 1.165) is 23.1 Å². The van der Waals surface area contributed by atoms with Crippen LogP contribution in [0.5, 0.6) is 0 Å². The summed E-state index contributed by atoms with van der Waals surface area (Å²) in [7, 11) is 3.15. The number of nitrogens with zero attached hydrogens (tertiary/aromatic N) is 5. The Morgan fingerprint density at radius 2 is 1.93 bits per heavy atom. The van der Waals surface area contributed by atoms with Crippen molar-refractivity contribution in [1.29, 1.82) is 0 Å². The molecular weight excluding hydrogens is 348 g/mol. The molecular formula is C18H20N6O3. The van der Waals surface area contributed by atoms with Crippen LogP contribution in [0.25, 0.3) is 11.5 Å². The van der Waals surface area contributed by atoms with Gasteiger partial charge in [-0.05, 0) is 23.7 Å². The van der Waals surface area contributed by atoms with Crippen LogP contribution in [0.2, 0.25) is 0 Å². The van der Waals surface area contributed by atoms with E-state index in [0.29, 0.717) is 24.2 Å². The number of aromatic nitrogens is 4. The molecule has 9 heteroatoms. The average molecular weight is 368 g/mol. The molecule has 2 aromatic heterocycles. The summed E-state index contributed by atoms with van der Waals surface area (Å²) in [5, 5.41) is 7.25. The van der Waals surface area contributed by atoms with Crippen LogP contribution in [-0.2, 0) is 14.1 Å². The second-order valence-corrected chi connectivity index (χ2v) is 6.61. The zero-order chi connectivity index (χ0) is 19.0. The Bertz CT molecular complexity index is 1070. The van der Waals surface area contributed by atoms with Gasteiger partial charge in [0.15, 0.2) is 0 Å². The zero-order valence-electron chi connectivity index (χ0n) is 15.1. The average Bonchev–Trinajstić information content (AvgIpc) is 3.34. The normalized spacial score (nSPS) is 16.7. The highest BCUT2D eigenvalue weighted by Gasteiger charge is 2.26. The third-order valence-corrected chi connectivity index (χ3v) is 4.79. The molecule has 3 heterocycles. The van der Waals surface area contributed by atoms with E-state index in [9.17, 15) is 9.59 Å². The highest BCUT2D eigenvalue weighted by atomic mass is 16.5. The fourth-order valence-corrected chi connectivity index (χ4v) is 3.27. The quantitative estimate of drug-likeness (QED) is 0.728. The van der Waals surface area contributed by atoms with Gasteiger partial charge in [0.1, 0.15) is 5.82 Å². The fraction of sp³-hybridized carbons (Fsp3) is 0.333. The van der Waals surface area contributed by atoms with Crippen molar-refractivity contribution in [3.05, 3.63) is 57.2 Å². The number of nitrogens with one attached hydrogen (secondary N) is 1. The summed E-state index contributed by atoms with van der Waals surface area (Å²) in [4.78, 5) is 30.5. The molecule has 3 aromatic rings. The molecule has 140 valence electrons. The second-order valence-electron chi connectivity index (χ2n) is 6.61. The van der Waals surface area contributed by atoms with Gasteiger partial charge in [-0.15, -0.1) is 0 Å². The summed E-state index contributed by atoms with van der Waals surface area (Å²) in [6.07, 6.45) is 0.832. The summed E-state index contributed by atoms with van der Waals surface area (Å²) < 4.78 is 7.90. The molecule has 1 fully saturated rings. The van der Waals surface area contributed by atoms with Gasteiger partial charge in [0, 0.05) is 44.9 Å². The molecule has 1 saturated heterocycles.